The van der Waals surface area contributed by atoms with E-state index in [1.807, 2.05) is 18.2 Å². The summed E-state index contributed by atoms with van der Waals surface area (Å²) in [7, 11) is 0. The smallest absolute Gasteiger partial charge is 0.0452 e. The van der Waals surface area contributed by atoms with Crippen molar-refractivity contribution >= 4 is 23.2 Å². The first-order valence-corrected chi connectivity index (χ1v) is 8.50. The first kappa shape index (κ1) is 17.1. The molecular weight excluding hydrogens is 303 g/mol. The minimum atomic E-state index is 0.214. The van der Waals surface area contributed by atoms with Crippen molar-refractivity contribution < 1.29 is 0 Å². The Kier molecular flexibility index (Phi) is 5.96. The average molecular weight is 329 g/mol. The molecule has 1 aliphatic rings. The largest absolute Gasteiger partial charge is 0.312 e. The number of halogens is 2. The maximum atomic E-state index is 6.25. The van der Waals surface area contributed by atoms with Crippen molar-refractivity contribution in [1.29, 1.82) is 0 Å². The number of benzene rings is 1. The second-order valence-electron chi connectivity index (χ2n) is 7.09. The standard InChI is InChI=1S/C17H26Cl2N2/c1-17(2,3)20-11-13-6-8-21(9-7-13)12-14-10-15(18)4-5-16(14)19/h4-5,10,13,20H,6-9,11-12H2,1-3H3. The fraction of sp³-hybridized carbons (Fsp3) is 0.647. The zero-order valence-electron chi connectivity index (χ0n) is 13.3. The summed E-state index contributed by atoms with van der Waals surface area (Å²) in [6.07, 6.45) is 2.50. The summed E-state index contributed by atoms with van der Waals surface area (Å²) in [5.41, 5.74) is 1.35. The van der Waals surface area contributed by atoms with Gasteiger partial charge in [-0.25, -0.2) is 0 Å². The first-order valence-electron chi connectivity index (χ1n) is 7.75. The fourth-order valence-electron chi connectivity index (χ4n) is 2.70. The lowest BCUT2D eigenvalue weighted by atomic mass is 9.95. The van der Waals surface area contributed by atoms with Gasteiger partial charge in [0.2, 0.25) is 0 Å². The Hall–Kier alpha value is -0.280. The molecule has 1 fully saturated rings. The third kappa shape index (κ3) is 5.78. The summed E-state index contributed by atoms with van der Waals surface area (Å²) < 4.78 is 0. The minimum Gasteiger partial charge on any atom is -0.312 e. The molecule has 0 amide bonds. The number of nitrogens with zero attached hydrogens (tertiary/aromatic N) is 1. The lowest BCUT2D eigenvalue weighted by Crippen LogP contribution is -2.42. The van der Waals surface area contributed by atoms with Gasteiger partial charge in [0.25, 0.3) is 0 Å². The van der Waals surface area contributed by atoms with Crippen LogP contribution in [0.4, 0.5) is 0 Å². The predicted molar refractivity (Wildman–Crippen MR) is 92.2 cm³/mol. The topological polar surface area (TPSA) is 15.3 Å². The Balaban J connectivity index is 1.80. The van der Waals surface area contributed by atoms with Crippen molar-refractivity contribution in [2.75, 3.05) is 19.6 Å². The second kappa shape index (κ2) is 7.32. The van der Waals surface area contributed by atoms with Crippen LogP contribution in [0.5, 0.6) is 0 Å². The van der Waals surface area contributed by atoms with Crippen LogP contribution in [0, 0.1) is 5.92 Å². The van der Waals surface area contributed by atoms with E-state index in [2.05, 4.69) is 31.0 Å². The van der Waals surface area contributed by atoms with Crippen molar-refractivity contribution in [1.82, 2.24) is 10.2 Å². The van der Waals surface area contributed by atoms with Gasteiger partial charge in [-0.2, -0.15) is 0 Å². The fourth-order valence-corrected chi connectivity index (χ4v) is 3.08. The molecule has 1 aromatic rings. The SMILES string of the molecule is CC(C)(C)NCC1CCN(Cc2cc(Cl)ccc2Cl)CC1. The molecular formula is C17H26Cl2N2. The van der Waals surface area contributed by atoms with Gasteiger partial charge in [0.15, 0.2) is 0 Å². The number of hydrogen-bond acceptors (Lipinski definition) is 2. The molecule has 0 bridgehead atoms. The van der Waals surface area contributed by atoms with Gasteiger partial charge in [0, 0.05) is 22.1 Å². The molecule has 0 aromatic heterocycles. The average Bonchev–Trinajstić information content (AvgIpc) is 2.41. The lowest BCUT2D eigenvalue weighted by Gasteiger charge is -2.34. The summed E-state index contributed by atoms with van der Waals surface area (Å²) in [6, 6.07) is 5.72. The van der Waals surface area contributed by atoms with Gasteiger partial charge in [-0.1, -0.05) is 23.2 Å². The normalized spacial score (nSPS) is 18.1. The van der Waals surface area contributed by atoms with Crippen LogP contribution >= 0.6 is 23.2 Å². The van der Waals surface area contributed by atoms with Crippen LogP contribution in [0.2, 0.25) is 10.0 Å². The molecule has 1 heterocycles. The molecule has 21 heavy (non-hydrogen) atoms. The van der Waals surface area contributed by atoms with E-state index in [0.717, 1.165) is 47.7 Å². The summed E-state index contributed by atoms with van der Waals surface area (Å²) in [6.45, 7) is 11.0. The zero-order valence-corrected chi connectivity index (χ0v) is 14.8. The van der Waals surface area contributed by atoms with Crippen molar-refractivity contribution in [3.05, 3.63) is 33.8 Å². The van der Waals surface area contributed by atoms with E-state index in [1.165, 1.54) is 12.8 Å². The zero-order chi connectivity index (χ0) is 15.5. The van der Waals surface area contributed by atoms with Gasteiger partial charge in [0.1, 0.15) is 0 Å². The van der Waals surface area contributed by atoms with E-state index in [-0.39, 0.29) is 5.54 Å². The van der Waals surface area contributed by atoms with E-state index < -0.39 is 0 Å². The number of hydrogen-bond donors (Lipinski definition) is 1. The van der Waals surface area contributed by atoms with E-state index in [0.29, 0.717) is 0 Å². The van der Waals surface area contributed by atoms with E-state index in [4.69, 9.17) is 23.2 Å². The summed E-state index contributed by atoms with van der Waals surface area (Å²) in [5.74, 6) is 0.787. The number of piperidine rings is 1. The Morgan fingerprint density at radius 3 is 2.48 bits per heavy atom. The maximum absolute atomic E-state index is 6.25. The van der Waals surface area contributed by atoms with Gasteiger partial charge in [-0.05, 0) is 82.9 Å². The van der Waals surface area contributed by atoms with Crippen LogP contribution in [-0.4, -0.2) is 30.1 Å². The molecule has 118 valence electrons. The quantitative estimate of drug-likeness (QED) is 0.869. The van der Waals surface area contributed by atoms with E-state index in [1.54, 1.807) is 0 Å². The van der Waals surface area contributed by atoms with Crippen LogP contribution in [0.25, 0.3) is 0 Å². The van der Waals surface area contributed by atoms with Crippen LogP contribution in [0.15, 0.2) is 18.2 Å². The highest BCUT2D eigenvalue weighted by Crippen LogP contribution is 2.24. The summed E-state index contributed by atoms with van der Waals surface area (Å²) in [4.78, 5) is 2.48. The van der Waals surface area contributed by atoms with Gasteiger partial charge in [0.05, 0.1) is 0 Å². The molecule has 0 saturated carbocycles. The molecule has 0 atom stereocenters. The van der Waals surface area contributed by atoms with E-state index >= 15 is 0 Å². The van der Waals surface area contributed by atoms with E-state index in [9.17, 15) is 0 Å². The Bertz CT molecular complexity index is 460. The molecule has 2 nitrogen and oxygen atoms in total. The molecule has 0 spiro atoms. The minimum absolute atomic E-state index is 0.214. The van der Waals surface area contributed by atoms with Crippen LogP contribution in [-0.2, 0) is 6.54 Å². The van der Waals surface area contributed by atoms with Crippen molar-refractivity contribution in [2.45, 2.75) is 45.7 Å². The molecule has 1 N–H and O–H groups in total. The number of nitrogens with one attached hydrogen (secondary N) is 1. The van der Waals surface area contributed by atoms with Crippen LogP contribution in [0.1, 0.15) is 39.2 Å². The third-order valence-electron chi connectivity index (χ3n) is 4.03. The summed E-state index contributed by atoms with van der Waals surface area (Å²) in [5, 5.41) is 5.19. The first-order chi connectivity index (χ1) is 9.83. The van der Waals surface area contributed by atoms with Crippen molar-refractivity contribution in [3.8, 4) is 0 Å². The van der Waals surface area contributed by atoms with Gasteiger partial charge in [-0.15, -0.1) is 0 Å². The molecule has 2 rings (SSSR count). The van der Waals surface area contributed by atoms with Gasteiger partial charge < -0.3 is 5.32 Å². The highest BCUT2D eigenvalue weighted by molar-refractivity contribution is 6.33. The molecule has 4 heteroatoms. The molecule has 0 radical (unpaired) electrons. The second-order valence-corrected chi connectivity index (χ2v) is 7.93. The monoisotopic (exact) mass is 328 g/mol. The molecule has 0 unspecified atom stereocenters. The van der Waals surface area contributed by atoms with Crippen molar-refractivity contribution in [2.24, 2.45) is 5.92 Å². The molecule has 1 aromatic carbocycles. The lowest BCUT2D eigenvalue weighted by molar-refractivity contribution is 0.170. The molecule has 1 aliphatic heterocycles. The van der Waals surface area contributed by atoms with Crippen LogP contribution in [0.3, 0.4) is 0 Å². The Morgan fingerprint density at radius 1 is 1.19 bits per heavy atom. The predicted octanol–water partition coefficient (Wildman–Crippen LogP) is 4.59. The Morgan fingerprint density at radius 2 is 1.86 bits per heavy atom. The molecule has 1 saturated heterocycles. The maximum Gasteiger partial charge on any atom is 0.0452 e. The molecule has 0 aliphatic carbocycles. The third-order valence-corrected chi connectivity index (χ3v) is 4.63. The Labute approximate surface area is 138 Å². The summed E-state index contributed by atoms with van der Waals surface area (Å²) >= 11 is 12.3. The number of likely N-dealkylation sites (tertiary alicyclic amines) is 1. The van der Waals surface area contributed by atoms with Crippen LogP contribution < -0.4 is 5.32 Å². The highest BCUT2D eigenvalue weighted by atomic mass is 35.5. The van der Waals surface area contributed by atoms with Gasteiger partial charge >= 0.3 is 0 Å². The van der Waals surface area contributed by atoms with Gasteiger partial charge in [-0.3, -0.25) is 4.90 Å². The van der Waals surface area contributed by atoms with Crippen molar-refractivity contribution in [3.63, 3.8) is 0 Å². The number of rotatable bonds is 4. The highest BCUT2D eigenvalue weighted by Gasteiger charge is 2.21.